The van der Waals surface area contributed by atoms with Gasteiger partial charge in [-0.3, -0.25) is 9.78 Å². The molecule has 1 aliphatic rings. The van der Waals surface area contributed by atoms with Crippen LogP contribution in [0.15, 0.2) is 12.4 Å². The third-order valence-electron chi connectivity index (χ3n) is 2.82. The van der Waals surface area contributed by atoms with Crippen molar-refractivity contribution in [3.05, 3.63) is 23.8 Å². The van der Waals surface area contributed by atoms with E-state index in [1.807, 2.05) is 13.8 Å². The van der Waals surface area contributed by atoms with E-state index in [1.165, 1.54) is 6.20 Å². The highest BCUT2D eigenvalue weighted by Gasteiger charge is 2.29. The molecule has 0 spiro atoms. The van der Waals surface area contributed by atoms with Crippen LogP contribution in [0, 0.1) is 6.92 Å². The van der Waals surface area contributed by atoms with Crippen molar-refractivity contribution in [3.8, 4) is 0 Å². The first-order valence-corrected chi connectivity index (χ1v) is 5.94. The van der Waals surface area contributed by atoms with Gasteiger partial charge in [-0.2, -0.15) is 0 Å². The smallest absolute Gasteiger partial charge is 0.274 e. The number of carbonyl (C=O) groups is 1. The summed E-state index contributed by atoms with van der Waals surface area (Å²) in [6.45, 7) is 4.50. The Bertz CT molecular complexity index is 421. The Morgan fingerprint density at radius 3 is 2.89 bits per heavy atom. The number of aliphatic hydroxyl groups is 1. The van der Waals surface area contributed by atoms with E-state index in [0.717, 1.165) is 5.69 Å². The van der Waals surface area contributed by atoms with E-state index in [2.05, 4.69) is 9.97 Å². The van der Waals surface area contributed by atoms with Gasteiger partial charge in [-0.1, -0.05) is 0 Å². The second kappa shape index (κ2) is 5.41. The van der Waals surface area contributed by atoms with Crippen LogP contribution in [-0.4, -0.2) is 57.8 Å². The number of amides is 1. The SMILES string of the molecule is Cc1cnc(C(=O)N2CC(C)OC(CO)C2)cn1. The number of aliphatic hydroxyl groups excluding tert-OH is 1. The Kier molecular flexibility index (Phi) is 3.88. The lowest BCUT2D eigenvalue weighted by Gasteiger charge is -2.35. The summed E-state index contributed by atoms with van der Waals surface area (Å²) < 4.78 is 5.49. The molecule has 1 N–H and O–H groups in total. The predicted molar refractivity (Wildman–Crippen MR) is 64.1 cm³/mol. The van der Waals surface area contributed by atoms with E-state index in [1.54, 1.807) is 11.1 Å². The van der Waals surface area contributed by atoms with Gasteiger partial charge in [0, 0.05) is 19.3 Å². The normalized spacial score (nSPS) is 24.1. The number of carbonyl (C=O) groups excluding carboxylic acids is 1. The largest absolute Gasteiger partial charge is 0.394 e. The highest BCUT2D eigenvalue weighted by Crippen LogP contribution is 2.13. The molecule has 2 unspecified atom stereocenters. The molecule has 1 aromatic rings. The molecule has 1 aromatic heterocycles. The van der Waals surface area contributed by atoms with Gasteiger partial charge in [0.25, 0.3) is 5.91 Å². The van der Waals surface area contributed by atoms with Gasteiger partial charge in [0.15, 0.2) is 0 Å². The van der Waals surface area contributed by atoms with E-state index >= 15 is 0 Å². The molecule has 18 heavy (non-hydrogen) atoms. The summed E-state index contributed by atoms with van der Waals surface area (Å²) in [5, 5.41) is 9.12. The van der Waals surface area contributed by atoms with Crippen LogP contribution in [0.4, 0.5) is 0 Å². The molecular formula is C12H17N3O3. The van der Waals surface area contributed by atoms with Crippen molar-refractivity contribution in [2.24, 2.45) is 0 Å². The van der Waals surface area contributed by atoms with Crippen LogP contribution >= 0.6 is 0 Å². The van der Waals surface area contributed by atoms with Gasteiger partial charge in [0.2, 0.25) is 0 Å². The molecule has 1 amide bonds. The Labute approximate surface area is 106 Å². The Hall–Kier alpha value is -1.53. The molecule has 1 fully saturated rings. The zero-order valence-electron chi connectivity index (χ0n) is 10.5. The molecule has 1 aliphatic heterocycles. The lowest BCUT2D eigenvalue weighted by molar-refractivity contribution is -0.0859. The molecule has 2 rings (SSSR count). The molecule has 1 saturated heterocycles. The quantitative estimate of drug-likeness (QED) is 0.801. The molecule has 2 heterocycles. The molecule has 98 valence electrons. The molecule has 0 saturated carbocycles. The summed E-state index contributed by atoms with van der Waals surface area (Å²) >= 11 is 0. The standard InChI is InChI=1S/C12H17N3O3/c1-8-3-14-11(4-13-8)12(17)15-5-9(2)18-10(6-15)7-16/h3-4,9-10,16H,5-7H2,1-2H3. The molecule has 0 radical (unpaired) electrons. The number of ether oxygens (including phenoxy) is 1. The van der Waals surface area contributed by atoms with Crippen molar-refractivity contribution in [1.82, 2.24) is 14.9 Å². The fourth-order valence-corrected chi connectivity index (χ4v) is 1.98. The van der Waals surface area contributed by atoms with Crippen LogP contribution in [0.3, 0.4) is 0 Å². The number of aromatic nitrogens is 2. The average molecular weight is 251 g/mol. The number of morpholine rings is 1. The molecule has 6 heteroatoms. The monoisotopic (exact) mass is 251 g/mol. The molecule has 0 aromatic carbocycles. The minimum absolute atomic E-state index is 0.0849. The lowest BCUT2D eigenvalue weighted by atomic mass is 10.2. The Morgan fingerprint density at radius 1 is 1.50 bits per heavy atom. The Morgan fingerprint density at radius 2 is 2.28 bits per heavy atom. The van der Waals surface area contributed by atoms with Crippen LogP contribution in [0.2, 0.25) is 0 Å². The average Bonchev–Trinajstić information content (AvgIpc) is 2.38. The van der Waals surface area contributed by atoms with Gasteiger partial charge >= 0.3 is 0 Å². The second-order valence-corrected chi connectivity index (χ2v) is 4.50. The van der Waals surface area contributed by atoms with Crippen LogP contribution in [0.1, 0.15) is 23.1 Å². The Balaban J connectivity index is 2.10. The summed E-state index contributed by atoms with van der Waals surface area (Å²) in [7, 11) is 0. The van der Waals surface area contributed by atoms with Crippen molar-refractivity contribution in [3.63, 3.8) is 0 Å². The van der Waals surface area contributed by atoms with Crippen molar-refractivity contribution in [2.45, 2.75) is 26.1 Å². The van der Waals surface area contributed by atoms with Crippen LogP contribution in [0.25, 0.3) is 0 Å². The minimum Gasteiger partial charge on any atom is -0.394 e. The van der Waals surface area contributed by atoms with E-state index < -0.39 is 0 Å². The fraction of sp³-hybridized carbons (Fsp3) is 0.583. The first-order valence-electron chi connectivity index (χ1n) is 5.94. The van der Waals surface area contributed by atoms with E-state index in [9.17, 15) is 4.79 Å². The van der Waals surface area contributed by atoms with E-state index in [0.29, 0.717) is 18.8 Å². The van der Waals surface area contributed by atoms with Gasteiger partial charge < -0.3 is 14.7 Å². The van der Waals surface area contributed by atoms with Gasteiger partial charge in [0.1, 0.15) is 5.69 Å². The first-order chi connectivity index (χ1) is 8.60. The molecule has 0 bridgehead atoms. The summed E-state index contributed by atoms with van der Waals surface area (Å²) in [5.74, 6) is -0.170. The zero-order chi connectivity index (χ0) is 13.1. The van der Waals surface area contributed by atoms with Crippen molar-refractivity contribution in [1.29, 1.82) is 0 Å². The van der Waals surface area contributed by atoms with Crippen LogP contribution in [-0.2, 0) is 4.74 Å². The first kappa shape index (κ1) is 12.9. The van der Waals surface area contributed by atoms with Gasteiger partial charge in [-0.25, -0.2) is 4.98 Å². The second-order valence-electron chi connectivity index (χ2n) is 4.50. The topological polar surface area (TPSA) is 75.6 Å². The third kappa shape index (κ3) is 2.83. The van der Waals surface area contributed by atoms with Crippen LogP contribution < -0.4 is 0 Å². The van der Waals surface area contributed by atoms with E-state index in [-0.39, 0.29) is 24.7 Å². The highest BCUT2D eigenvalue weighted by atomic mass is 16.5. The van der Waals surface area contributed by atoms with Crippen molar-refractivity contribution >= 4 is 5.91 Å². The third-order valence-corrected chi connectivity index (χ3v) is 2.82. The zero-order valence-corrected chi connectivity index (χ0v) is 10.5. The summed E-state index contributed by atoms with van der Waals surface area (Å²) in [6.07, 6.45) is 2.64. The summed E-state index contributed by atoms with van der Waals surface area (Å²) in [6, 6.07) is 0. The maximum Gasteiger partial charge on any atom is 0.274 e. The maximum absolute atomic E-state index is 12.2. The fourth-order valence-electron chi connectivity index (χ4n) is 1.98. The van der Waals surface area contributed by atoms with Crippen molar-refractivity contribution < 1.29 is 14.6 Å². The van der Waals surface area contributed by atoms with Gasteiger partial charge in [-0.05, 0) is 13.8 Å². The molecule has 2 atom stereocenters. The lowest BCUT2D eigenvalue weighted by Crippen LogP contribution is -2.50. The van der Waals surface area contributed by atoms with E-state index in [4.69, 9.17) is 9.84 Å². The number of nitrogens with zero attached hydrogens (tertiary/aromatic N) is 3. The molecular weight excluding hydrogens is 234 g/mol. The predicted octanol–water partition coefficient (Wildman–Crippen LogP) is 0.00682. The van der Waals surface area contributed by atoms with Gasteiger partial charge in [0.05, 0.1) is 30.7 Å². The minimum atomic E-state index is -0.323. The van der Waals surface area contributed by atoms with Gasteiger partial charge in [-0.15, -0.1) is 0 Å². The number of hydrogen-bond donors (Lipinski definition) is 1. The molecule has 0 aliphatic carbocycles. The summed E-state index contributed by atoms with van der Waals surface area (Å²) in [4.78, 5) is 22.0. The maximum atomic E-state index is 12.2. The number of rotatable bonds is 2. The number of hydrogen-bond acceptors (Lipinski definition) is 5. The number of aryl methyl sites for hydroxylation is 1. The van der Waals surface area contributed by atoms with Crippen molar-refractivity contribution in [2.75, 3.05) is 19.7 Å². The highest BCUT2D eigenvalue weighted by molar-refractivity contribution is 5.92. The summed E-state index contributed by atoms with van der Waals surface area (Å²) in [5.41, 5.74) is 1.10. The molecule has 6 nitrogen and oxygen atoms in total. The van der Waals surface area contributed by atoms with Crippen LogP contribution in [0.5, 0.6) is 0 Å².